The van der Waals surface area contributed by atoms with Crippen molar-refractivity contribution in [3.05, 3.63) is 78.0 Å². The highest BCUT2D eigenvalue weighted by Gasteiger charge is 2.32. The number of carbonyl (C=O) groups is 2. The van der Waals surface area contributed by atoms with Crippen LogP contribution in [0.4, 0.5) is 35.3 Å². The monoisotopic (exact) mass is 540 g/mol. The summed E-state index contributed by atoms with van der Waals surface area (Å²) in [6.07, 6.45) is -4.04. The Hall–Kier alpha value is -4.87. The Bertz CT molecular complexity index is 1550. The number of benzene rings is 3. The molecule has 0 fully saturated rings. The Balaban J connectivity index is 1.60. The third-order valence-electron chi connectivity index (χ3n) is 5.13. The number of nitrogens with zero attached hydrogens (tertiary/aromatic N) is 2. The number of ether oxygens (including phenoxy) is 2. The van der Waals surface area contributed by atoms with Gasteiger partial charge < -0.3 is 19.9 Å². The number of rotatable bonds is 6. The Morgan fingerprint density at radius 3 is 2.33 bits per heavy atom. The number of aromatic carboxylic acids is 1. The summed E-state index contributed by atoms with van der Waals surface area (Å²) in [5.41, 5.74) is -2.03. The zero-order valence-corrected chi connectivity index (χ0v) is 21.0. The Morgan fingerprint density at radius 2 is 1.67 bits per heavy atom. The van der Waals surface area contributed by atoms with E-state index in [-0.39, 0.29) is 17.5 Å². The van der Waals surface area contributed by atoms with E-state index in [9.17, 15) is 27.9 Å². The van der Waals surface area contributed by atoms with Crippen molar-refractivity contribution in [3.63, 3.8) is 0 Å². The number of carbonyl (C=O) groups excluding carboxylic acids is 1. The third kappa shape index (κ3) is 6.92. The van der Waals surface area contributed by atoms with Crippen LogP contribution in [0.25, 0.3) is 10.8 Å². The average molecular weight is 540 g/mol. The number of aromatic nitrogens is 2. The molecule has 0 aliphatic heterocycles. The van der Waals surface area contributed by atoms with Crippen molar-refractivity contribution < 1.29 is 37.3 Å². The summed E-state index contributed by atoms with van der Waals surface area (Å²) in [6.45, 7) is 5.26. The topological polar surface area (TPSA) is 123 Å². The minimum atomic E-state index is -4.75. The lowest BCUT2D eigenvalue weighted by Gasteiger charge is -2.20. The zero-order chi connectivity index (χ0) is 28.4. The maximum atomic E-state index is 13.3. The summed E-state index contributed by atoms with van der Waals surface area (Å²) in [5, 5.41) is 15.8. The maximum absolute atomic E-state index is 13.3. The minimum absolute atomic E-state index is 0.0657. The number of carboxylic acids is 1. The summed E-state index contributed by atoms with van der Waals surface area (Å²) < 4.78 is 51.0. The van der Waals surface area contributed by atoms with Crippen molar-refractivity contribution in [1.82, 2.24) is 9.97 Å². The molecule has 0 radical (unpaired) electrons. The largest absolute Gasteiger partial charge is 0.478 e. The van der Waals surface area contributed by atoms with E-state index in [1.807, 2.05) is 0 Å². The fourth-order valence-electron chi connectivity index (χ4n) is 3.57. The lowest BCUT2D eigenvalue weighted by molar-refractivity contribution is -0.137. The second kappa shape index (κ2) is 10.5. The van der Waals surface area contributed by atoms with Gasteiger partial charge in [0.15, 0.2) is 0 Å². The van der Waals surface area contributed by atoms with Gasteiger partial charge >= 0.3 is 18.2 Å². The summed E-state index contributed by atoms with van der Waals surface area (Å²) in [6, 6.07) is 14.2. The van der Waals surface area contributed by atoms with Crippen molar-refractivity contribution in [2.24, 2.45) is 0 Å². The average Bonchev–Trinajstić information content (AvgIpc) is 2.84. The molecule has 1 aromatic heterocycles. The normalized spacial score (nSPS) is 11.6. The second-order valence-corrected chi connectivity index (χ2v) is 9.33. The molecule has 0 unspecified atom stereocenters. The van der Waals surface area contributed by atoms with E-state index in [1.165, 1.54) is 12.3 Å². The van der Waals surface area contributed by atoms with Gasteiger partial charge in [-0.1, -0.05) is 24.3 Å². The van der Waals surface area contributed by atoms with Gasteiger partial charge in [0.05, 0.1) is 16.8 Å². The first-order valence-corrected chi connectivity index (χ1v) is 11.5. The van der Waals surface area contributed by atoms with Crippen LogP contribution < -0.4 is 15.4 Å². The van der Waals surface area contributed by atoms with E-state index in [0.29, 0.717) is 28.3 Å². The highest BCUT2D eigenvalue weighted by atomic mass is 19.4. The third-order valence-corrected chi connectivity index (χ3v) is 5.13. The van der Waals surface area contributed by atoms with E-state index in [1.54, 1.807) is 57.2 Å². The molecule has 4 rings (SSSR count). The lowest BCUT2D eigenvalue weighted by Crippen LogP contribution is -2.27. The number of hydrogen-bond acceptors (Lipinski definition) is 7. The van der Waals surface area contributed by atoms with Crippen LogP contribution in [-0.4, -0.2) is 32.7 Å². The Morgan fingerprint density at radius 1 is 0.949 bits per heavy atom. The molecule has 0 atom stereocenters. The van der Waals surface area contributed by atoms with Gasteiger partial charge in [-0.05, 0) is 51.1 Å². The number of hydrogen-bond donors (Lipinski definition) is 3. The molecule has 0 aliphatic carbocycles. The number of anilines is 3. The molecule has 0 bridgehead atoms. The van der Waals surface area contributed by atoms with Crippen LogP contribution in [-0.2, 0) is 10.9 Å². The molecule has 0 spiro atoms. The van der Waals surface area contributed by atoms with Crippen LogP contribution in [0.2, 0.25) is 0 Å². The molecule has 9 nitrogen and oxygen atoms in total. The van der Waals surface area contributed by atoms with Crippen LogP contribution in [0.15, 0.2) is 66.9 Å². The van der Waals surface area contributed by atoms with Gasteiger partial charge in [0.25, 0.3) is 0 Å². The van der Waals surface area contributed by atoms with Crippen LogP contribution in [0.5, 0.6) is 11.6 Å². The molecule has 3 N–H and O–H groups in total. The lowest BCUT2D eigenvalue weighted by atomic mass is 10.1. The predicted octanol–water partition coefficient (Wildman–Crippen LogP) is 7.23. The Kier molecular flexibility index (Phi) is 7.30. The molecule has 12 heteroatoms. The molecular formula is C27H23F3N4O5. The number of fused-ring (bicyclic) bond motifs is 1. The number of alkyl halides is 3. The predicted molar refractivity (Wildman–Crippen MR) is 138 cm³/mol. The highest BCUT2D eigenvalue weighted by molar-refractivity contribution is 6.02. The van der Waals surface area contributed by atoms with E-state index in [0.717, 1.165) is 12.1 Å². The van der Waals surface area contributed by atoms with E-state index < -0.39 is 35.0 Å². The van der Waals surface area contributed by atoms with Crippen LogP contribution >= 0.6 is 0 Å². The van der Waals surface area contributed by atoms with Crippen LogP contribution in [0.1, 0.15) is 36.7 Å². The van der Waals surface area contributed by atoms with E-state index in [4.69, 9.17) is 9.47 Å². The van der Waals surface area contributed by atoms with Crippen molar-refractivity contribution in [2.45, 2.75) is 32.5 Å². The molecule has 1 heterocycles. The summed E-state index contributed by atoms with van der Waals surface area (Å²) >= 11 is 0. The number of nitrogens with one attached hydrogen (secondary N) is 2. The standard InChI is InChI=1S/C27H23F3N4O5/c1-26(2,3)39-25(37)33-20-8-9-21(19-7-5-4-6-18(19)20)38-22-10-11-31-24(34-22)32-17-13-15(23(35)36)12-16(14-17)27(28,29)30/h4-14H,1-3H3,(H,33,37)(H,35,36)(H,31,32,34). The SMILES string of the molecule is CC(C)(C)OC(=O)Nc1ccc(Oc2ccnc(Nc3cc(C(=O)O)cc(C(F)(F)F)c3)n2)c2ccccc12. The quantitative estimate of drug-likeness (QED) is 0.234. The van der Waals surface area contributed by atoms with Gasteiger partial charge in [-0.15, -0.1) is 0 Å². The van der Waals surface area contributed by atoms with E-state index in [2.05, 4.69) is 20.6 Å². The van der Waals surface area contributed by atoms with Gasteiger partial charge in [-0.3, -0.25) is 5.32 Å². The summed E-state index contributed by atoms with van der Waals surface area (Å²) in [4.78, 5) is 31.8. The zero-order valence-electron chi connectivity index (χ0n) is 21.0. The molecule has 39 heavy (non-hydrogen) atoms. The van der Waals surface area contributed by atoms with Gasteiger partial charge in [-0.2, -0.15) is 18.2 Å². The first kappa shape index (κ1) is 27.2. The van der Waals surface area contributed by atoms with E-state index >= 15 is 0 Å². The first-order chi connectivity index (χ1) is 18.3. The maximum Gasteiger partial charge on any atom is 0.416 e. The highest BCUT2D eigenvalue weighted by Crippen LogP contribution is 2.35. The first-order valence-electron chi connectivity index (χ1n) is 11.5. The molecule has 0 saturated carbocycles. The molecule has 0 saturated heterocycles. The molecule has 3 aromatic carbocycles. The van der Waals surface area contributed by atoms with Crippen molar-refractivity contribution >= 4 is 40.2 Å². The van der Waals surface area contributed by atoms with Crippen LogP contribution in [0, 0.1) is 0 Å². The molecule has 1 amide bonds. The van der Waals surface area contributed by atoms with Crippen molar-refractivity contribution in [1.29, 1.82) is 0 Å². The van der Waals surface area contributed by atoms with Gasteiger partial charge in [-0.25, -0.2) is 14.6 Å². The molecule has 202 valence electrons. The fraction of sp³-hybridized carbons (Fsp3) is 0.185. The number of carboxylic acid groups (broad SMARTS) is 1. The number of amides is 1. The smallest absolute Gasteiger partial charge is 0.416 e. The second-order valence-electron chi connectivity index (χ2n) is 9.33. The summed E-state index contributed by atoms with van der Waals surface area (Å²) in [7, 11) is 0. The molecule has 0 aliphatic rings. The van der Waals surface area contributed by atoms with Gasteiger partial charge in [0.2, 0.25) is 11.8 Å². The Labute approximate surface area is 220 Å². The minimum Gasteiger partial charge on any atom is -0.478 e. The van der Waals surface area contributed by atoms with Crippen molar-refractivity contribution in [3.8, 4) is 11.6 Å². The summed E-state index contributed by atoms with van der Waals surface area (Å²) in [5.74, 6) is -1.18. The molecular weight excluding hydrogens is 517 g/mol. The number of halogens is 3. The van der Waals surface area contributed by atoms with Gasteiger partial charge in [0.1, 0.15) is 11.4 Å². The van der Waals surface area contributed by atoms with Gasteiger partial charge in [0, 0.05) is 28.7 Å². The fourth-order valence-corrected chi connectivity index (χ4v) is 3.57. The van der Waals surface area contributed by atoms with Crippen molar-refractivity contribution in [2.75, 3.05) is 10.6 Å². The molecule has 4 aromatic rings. The van der Waals surface area contributed by atoms with Crippen LogP contribution in [0.3, 0.4) is 0 Å².